The van der Waals surface area contributed by atoms with Gasteiger partial charge in [-0.2, -0.15) is 0 Å². The fourth-order valence-corrected chi connectivity index (χ4v) is 2.22. The lowest BCUT2D eigenvalue weighted by atomic mass is 10.2. The minimum Gasteiger partial charge on any atom is -0.484 e. The van der Waals surface area contributed by atoms with Crippen LogP contribution in [0.4, 0.5) is 4.39 Å². The van der Waals surface area contributed by atoms with Crippen LogP contribution in [0.1, 0.15) is 5.56 Å². The van der Waals surface area contributed by atoms with Gasteiger partial charge in [0, 0.05) is 13.6 Å². The van der Waals surface area contributed by atoms with Gasteiger partial charge in [-0.25, -0.2) is 9.37 Å². The van der Waals surface area contributed by atoms with Crippen LogP contribution in [0.25, 0.3) is 11.0 Å². The number of amides is 1. The van der Waals surface area contributed by atoms with E-state index in [2.05, 4.69) is 10.3 Å². The summed E-state index contributed by atoms with van der Waals surface area (Å²) in [5.41, 5.74) is 2.90. The quantitative estimate of drug-likeness (QED) is 0.787. The van der Waals surface area contributed by atoms with Gasteiger partial charge in [0.05, 0.1) is 17.4 Å². The summed E-state index contributed by atoms with van der Waals surface area (Å²) in [7, 11) is 1.93. The maximum Gasteiger partial charge on any atom is 0.258 e. The molecule has 3 rings (SSSR count). The molecule has 0 atom stereocenters. The van der Waals surface area contributed by atoms with Gasteiger partial charge < -0.3 is 14.6 Å². The third-order valence-corrected chi connectivity index (χ3v) is 3.46. The number of nitrogens with one attached hydrogen (secondary N) is 1. The van der Waals surface area contributed by atoms with Gasteiger partial charge in [0.2, 0.25) is 0 Å². The van der Waals surface area contributed by atoms with Crippen LogP contribution in [-0.4, -0.2) is 22.1 Å². The molecule has 0 fully saturated rings. The molecule has 0 unspecified atom stereocenters. The summed E-state index contributed by atoms with van der Waals surface area (Å²) < 4.78 is 20.0. The van der Waals surface area contributed by atoms with Crippen molar-refractivity contribution < 1.29 is 13.9 Å². The first kappa shape index (κ1) is 15.0. The minimum absolute atomic E-state index is 0.114. The maximum atomic E-state index is 12.8. The average Bonchev–Trinajstić information content (AvgIpc) is 2.93. The molecule has 1 heterocycles. The van der Waals surface area contributed by atoms with E-state index in [4.69, 9.17) is 4.74 Å². The van der Waals surface area contributed by atoms with Crippen LogP contribution < -0.4 is 10.1 Å². The summed E-state index contributed by atoms with van der Waals surface area (Å²) in [5, 5.41) is 2.78. The van der Waals surface area contributed by atoms with Crippen molar-refractivity contribution >= 4 is 16.9 Å². The van der Waals surface area contributed by atoms with Crippen LogP contribution in [0.15, 0.2) is 48.8 Å². The molecule has 0 aliphatic heterocycles. The Kier molecular flexibility index (Phi) is 4.23. The highest BCUT2D eigenvalue weighted by atomic mass is 19.1. The molecule has 3 aromatic rings. The second-order valence-corrected chi connectivity index (χ2v) is 5.20. The Morgan fingerprint density at radius 3 is 2.83 bits per heavy atom. The number of benzene rings is 2. The molecule has 1 amide bonds. The molecule has 0 aliphatic rings. The number of aryl methyl sites for hydroxylation is 1. The molecular formula is C17H16FN3O2. The summed E-state index contributed by atoms with van der Waals surface area (Å²) in [4.78, 5) is 16.1. The van der Waals surface area contributed by atoms with E-state index in [0.717, 1.165) is 16.6 Å². The number of nitrogens with zero attached hydrogens (tertiary/aromatic N) is 2. The largest absolute Gasteiger partial charge is 0.484 e. The molecule has 6 heteroatoms. The Labute approximate surface area is 132 Å². The number of hydrogen-bond acceptors (Lipinski definition) is 3. The number of halogens is 1. The lowest BCUT2D eigenvalue weighted by Gasteiger charge is -2.08. The molecule has 0 radical (unpaired) electrons. The van der Waals surface area contributed by atoms with Crippen molar-refractivity contribution in [3.8, 4) is 5.75 Å². The molecule has 118 valence electrons. The first-order chi connectivity index (χ1) is 11.1. The van der Waals surface area contributed by atoms with Crippen LogP contribution in [0, 0.1) is 5.82 Å². The van der Waals surface area contributed by atoms with E-state index >= 15 is 0 Å². The predicted molar refractivity (Wildman–Crippen MR) is 84.5 cm³/mol. The van der Waals surface area contributed by atoms with Gasteiger partial charge >= 0.3 is 0 Å². The smallest absolute Gasteiger partial charge is 0.258 e. The number of carbonyl (C=O) groups is 1. The molecule has 0 aliphatic carbocycles. The highest BCUT2D eigenvalue weighted by molar-refractivity contribution is 5.78. The summed E-state index contributed by atoms with van der Waals surface area (Å²) in [6, 6.07) is 11.4. The second kappa shape index (κ2) is 6.48. The number of carbonyl (C=O) groups excluding carboxylic acids is 1. The van der Waals surface area contributed by atoms with Crippen LogP contribution in [0.2, 0.25) is 0 Å². The Balaban J connectivity index is 1.52. The van der Waals surface area contributed by atoms with Crippen LogP contribution in [-0.2, 0) is 18.4 Å². The number of fused-ring (bicyclic) bond motifs is 1. The van der Waals surface area contributed by atoms with Gasteiger partial charge in [-0.3, -0.25) is 4.79 Å². The number of ether oxygens (including phenoxy) is 1. The van der Waals surface area contributed by atoms with E-state index in [0.29, 0.717) is 12.3 Å². The summed E-state index contributed by atoms with van der Waals surface area (Å²) >= 11 is 0. The molecule has 1 aromatic heterocycles. The SMILES string of the molecule is Cn1cnc2cc(CNC(=O)COc3ccc(F)cc3)ccc21. The zero-order valence-corrected chi connectivity index (χ0v) is 12.6. The Hall–Kier alpha value is -2.89. The van der Waals surface area contributed by atoms with Crippen LogP contribution >= 0.6 is 0 Å². The van der Waals surface area contributed by atoms with Gasteiger partial charge in [-0.05, 0) is 42.0 Å². The van der Waals surface area contributed by atoms with E-state index in [9.17, 15) is 9.18 Å². The monoisotopic (exact) mass is 313 g/mol. The number of hydrogen-bond donors (Lipinski definition) is 1. The Bertz CT molecular complexity index is 827. The predicted octanol–water partition coefficient (Wildman–Crippen LogP) is 2.41. The van der Waals surface area contributed by atoms with Crippen molar-refractivity contribution in [2.45, 2.75) is 6.54 Å². The topological polar surface area (TPSA) is 56.2 Å². The van der Waals surface area contributed by atoms with Crippen molar-refractivity contribution in [3.05, 3.63) is 60.2 Å². The zero-order chi connectivity index (χ0) is 16.2. The lowest BCUT2D eigenvalue weighted by Crippen LogP contribution is -2.28. The molecule has 23 heavy (non-hydrogen) atoms. The third-order valence-electron chi connectivity index (χ3n) is 3.46. The van der Waals surface area contributed by atoms with Crippen molar-refractivity contribution in [2.24, 2.45) is 7.05 Å². The second-order valence-electron chi connectivity index (χ2n) is 5.20. The first-order valence-corrected chi connectivity index (χ1v) is 7.17. The molecule has 0 saturated carbocycles. The third kappa shape index (κ3) is 3.66. The highest BCUT2D eigenvalue weighted by Crippen LogP contribution is 2.14. The molecule has 2 aromatic carbocycles. The van der Waals surface area contributed by atoms with Crippen molar-refractivity contribution in [3.63, 3.8) is 0 Å². The van der Waals surface area contributed by atoms with E-state index in [1.54, 1.807) is 6.33 Å². The molecular weight excluding hydrogens is 297 g/mol. The lowest BCUT2D eigenvalue weighted by molar-refractivity contribution is -0.123. The summed E-state index contributed by atoms with van der Waals surface area (Å²) in [6.45, 7) is 0.287. The summed E-state index contributed by atoms with van der Waals surface area (Å²) in [6.07, 6.45) is 1.75. The van der Waals surface area contributed by atoms with E-state index in [1.807, 2.05) is 29.8 Å². The standard InChI is InChI=1S/C17H16FN3O2/c1-21-11-20-15-8-12(2-7-16(15)21)9-19-17(22)10-23-14-5-3-13(18)4-6-14/h2-8,11H,9-10H2,1H3,(H,19,22). The number of imidazole rings is 1. The Morgan fingerprint density at radius 1 is 1.26 bits per heavy atom. The van der Waals surface area contributed by atoms with Crippen molar-refractivity contribution in [1.29, 1.82) is 0 Å². The number of rotatable bonds is 5. The molecule has 0 bridgehead atoms. The van der Waals surface area contributed by atoms with Gasteiger partial charge in [-0.1, -0.05) is 6.07 Å². The summed E-state index contributed by atoms with van der Waals surface area (Å²) in [5.74, 6) is -0.126. The molecule has 1 N–H and O–H groups in total. The fraction of sp³-hybridized carbons (Fsp3) is 0.176. The van der Waals surface area contributed by atoms with Gasteiger partial charge in [0.15, 0.2) is 6.61 Å². The minimum atomic E-state index is -0.341. The molecule has 0 spiro atoms. The molecule has 0 saturated heterocycles. The van der Waals surface area contributed by atoms with Crippen molar-refractivity contribution in [1.82, 2.24) is 14.9 Å². The van der Waals surface area contributed by atoms with Gasteiger partial charge in [-0.15, -0.1) is 0 Å². The first-order valence-electron chi connectivity index (χ1n) is 7.17. The van der Waals surface area contributed by atoms with Crippen LogP contribution in [0.5, 0.6) is 5.75 Å². The van der Waals surface area contributed by atoms with Crippen molar-refractivity contribution in [2.75, 3.05) is 6.61 Å². The van der Waals surface area contributed by atoms with E-state index < -0.39 is 0 Å². The molecule has 5 nitrogen and oxygen atoms in total. The maximum absolute atomic E-state index is 12.8. The highest BCUT2D eigenvalue weighted by Gasteiger charge is 2.05. The fourth-order valence-electron chi connectivity index (χ4n) is 2.22. The zero-order valence-electron chi connectivity index (χ0n) is 12.6. The average molecular weight is 313 g/mol. The number of aromatic nitrogens is 2. The van der Waals surface area contributed by atoms with E-state index in [1.165, 1.54) is 24.3 Å². The van der Waals surface area contributed by atoms with E-state index in [-0.39, 0.29) is 18.3 Å². The van der Waals surface area contributed by atoms with Gasteiger partial charge in [0.25, 0.3) is 5.91 Å². The van der Waals surface area contributed by atoms with Crippen LogP contribution in [0.3, 0.4) is 0 Å². The normalized spacial score (nSPS) is 10.7. The van der Waals surface area contributed by atoms with Gasteiger partial charge in [0.1, 0.15) is 11.6 Å². The Morgan fingerprint density at radius 2 is 2.04 bits per heavy atom.